The molecule has 1 saturated carbocycles. The van der Waals surface area contributed by atoms with Crippen LogP contribution in [0.5, 0.6) is 5.75 Å². The molecular formula is C13H16O4. The first kappa shape index (κ1) is 11.9. The molecule has 0 saturated heterocycles. The van der Waals surface area contributed by atoms with Crippen molar-refractivity contribution in [2.45, 2.75) is 31.8 Å². The highest BCUT2D eigenvalue weighted by Crippen LogP contribution is 2.21. The van der Waals surface area contributed by atoms with Crippen molar-refractivity contribution in [2.24, 2.45) is 0 Å². The molecule has 1 aromatic carbocycles. The Labute approximate surface area is 100 Å². The molecule has 1 fully saturated rings. The summed E-state index contributed by atoms with van der Waals surface area (Å²) >= 11 is 0. The van der Waals surface area contributed by atoms with E-state index in [4.69, 9.17) is 14.5 Å². The lowest BCUT2D eigenvalue weighted by Crippen LogP contribution is -2.13. The summed E-state index contributed by atoms with van der Waals surface area (Å²) in [6.45, 7) is 0. The van der Waals surface area contributed by atoms with Gasteiger partial charge in [0.1, 0.15) is 11.9 Å². The first-order valence-electron chi connectivity index (χ1n) is 5.81. The second-order valence-corrected chi connectivity index (χ2v) is 4.10. The van der Waals surface area contributed by atoms with E-state index in [1.807, 2.05) is 0 Å². The normalized spacial score (nSPS) is 15.8. The molecule has 92 valence electrons. The number of carbonyl (C=O) groups excluding carboxylic acids is 1. The molecule has 2 rings (SSSR count). The molecule has 1 aliphatic carbocycles. The Morgan fingerprint density at radius 3 is 2.41 bits per heavy atom. The number of hydrogen-bond acceptors (Lipinski definition) is 4. The van der Waals surface area contributed by atoms with Gasteiger partial charge in [0, 0.05) is 0 Å². The Bertz CT molecular complexity index is 366. The van der Waals surface area contributed by atoms with Gasteiger partial charge in [0.05, 0.1) is 12.7 Å². The number of carbonyl (C=O) groups is 1. The molecule has 1 aromatic rings. The van der Waals surface area contributed by atoms with Crippen molar-refractivity contribution in [2.75, 3.05) is 7.11 Å². The Morgan fingerprint density at radius 1 is 1.18 bits per heavy atom. The summed E-state index contributed by atoms with van der Waals surface area (Å²) in [4.78, 5) is 21.5. The van der Waals surface area contributed by atoms with Crippen molar-refractivity contribution < 1.29 is 19.3 Å². The summed E-state index contributed by atoms with van der Waals surface area (Å²) in [5.74, 6) is 0.248. The largest absolute Gasteiger partial charge is 0.497 e. The van der Waals surface area contributed by atoms with Crippen LogP contribution in [0.2, 0.25) is 0 Å². The third-order valence-corrected chi connectivity index (χ3v) is 2.89. The van der Waals surface area contributed by atoms with Gasteiger partial charge in [-0.15, -0.1) is 0 Å². The minimum Gasteiger partial charge on any atom is -0.497 e. The molecule has 0 heterocycles. The number of benzene rings is 1. The highest BCUT2D eigenvalue weighted by Gasteiger charge is 2.19. The van der Waals surface area contributed by atoms with Gasteiger partial charge < -0.3 is 4.74 Å². The average Bonchev–Trinajstić information content (AvgIpc) is 2.89. The van der Waals surface area contributed by atoms with Crippen molar-refractivity contribution in [1.29, 1.82) is 0 Å². The smallest absolute Gasteiger partial charge is 0.373 e. The molecule has 0 bridgehead atoms. The molecule has 0 aliphatic heterocycles. The quantitative estimate of drug-likeness (QED) is 0.595. The molecule has 1 aliphatic rings. The van der Waals surface area contributed by atoms with Crippen LogP contribution in [-0.4, -0.2) is 19.2 Å². The topological polar surface area (TPSA) is 44.8 Å². The maximum absolute atomic E-state index is 11.6. The zero-order valence-corrected chi connectivity index (χ0v) is 9.85. The maximum atomic E-state index is 11.6. The summed E-state index contributed by atoms with van der Waals surface area (Å²) in [6, 6.07) is 6.73. The zero-order chi connectivity index (χ0) is 12.1. The van der Waals surface area contributed by atoms with Crippen molar-refractivity contribution in [3.63, 3.8) is 0 Å². The summed E-state index contributed by atoms with van der Waals surface area (Å²) in [7, 11) is 1.58. The van der Waals surface area contributed by atoms with E-state index in [2.05, 4.69) is 0 Å². The van der Waals surface area contributed by atoms with E-state index in [1.54, 1.807) is 31.4 Å². The van der Waals surface area contributed by atoms with Gasteiger partial charge in [-0.3, -0.25) is 4.89 Å². The molecule has 4 nitrogen and oxygen atoms in total. The maximum Gasteiger partial charge on any atom is 0.373 e. The van der Waals surface area contributed by atoms with E-state index in [0.717, 1.165) is 25.7 Å². The van der Waals surface area contributed by atoms with E-state index >= 15 is 0 Å². The van der Waals surface area contributed by atoms with E-state index in [-0.39, 0.29) is 6.10 Å². The summed E-state index contributed by atoms with van der Waals surface area (Å²) < 4.78 is 5.01. The number of ether oxygens (including phenoxy) is 1. The molecule has 0 N–H and O–H groups in total. The molecule has 0 aromatic heterocycles. The fourth-order valence-electron chi connectivity index (χ4n) is 1.87. The highest BCUT2D eigenvalue weighted by atomic mass is 17.2. The van der Waals surface area contributed by atoms with Gasteiger partial charge in [-0.2, -0.15) is 4.89 Å². The van der Waals surface area contributed by atoms with Crippen LogP contribution in [0.4, 0.5) is 0 Å². The van der Waals surface area contributed by atoms with Gasteiger partial charge in [0.15, 0.2) is 0 Å². The molecule has 0 radical (unpaired) electrons. The van der Waals surface area contributed by atoms with Gasteiger partial charge >= 0.3 is 5.97 Å². The van der Waals surface area contributed by atoms with Gasteiger partial charge in [-0.1, -0.05) is 12.8 Å². The Balaban J connectivity index is 1.85. The van der Waals surface area contributed by atoms with E-state index in [9.17, 15) is 4.79 Å². The van der Waals surface area contributed by atoms with Crippen LogP contribution in [0.25, 0.3) is 0 Å². The number of rotatable bonds is 4. The molecule has 0 atom stereocenters. The van der Waals surface area contributed by atoms with Gasteiger partial charge in [0.25, 0.3) is 0 Å². The van der Waals surface area contributed by atoms with Crippen LogP contribution < -0.4 is 4.74 Å². The Hall–Kier alpha value is -1.55. The first-order chi connectivity index (χ1) is 8.29. The molecule has 0 amide bonds. The van der Waals surface area contributed by atoms with Crippen LogP contribution in [-0.2, 0) is 9.78 Å². The lowest BCUT2D eigenvalue weighted by Gasteiger charge is -2.09. The van der Waals surface area contributed by atoms with Crippen molar-refractivity contribution in [1.82, 2.24) is 0 Å². The highest BCUT2D eigenvalue weighted by molar-refractivity contribution is 5.89. The van der Waals surface area contributed by atoms with Crippen LogP contribution in [0, 0.1) is 0 Å². The van der Waals surface area contributed by atoms with Crippen molar-refractivity contribution in [3.05, 3.63) is 29.8 Å². The van der Waals surface area contributed by atoms with Crippen LogP contribution in [0.1, 0.15) is 36.0 Å². The molecule has 0 unspecified atom stereocenters. The van der Waals surface area contributed by atoms with Gasteiger partial charge in [-0.25, -0.2) is 4.79 Å². The predicted molar refractivity (Wildman–Crippen MR) is 61.8 cm³/mol. The lowest BCUT2D eigenvalue weighted by atomic mass is 10.2. The first-order valence-corrected chi connectivity index (χ1v) is 5.81. The SMILES string of the molecule is COc1ccc(C(=O)OOC2CCCC2)cc1. The second kappa shape index (κ2) is 5.68. The molecule has 17 heavy (non-hydrogen) atoms. The summed E-state index contributed by atoms with van der Waals surface area (Å²) in [6.07, 6.45) is 4.29. The fourth-order valence-corrected chi connectivity index (χ4v) is 1.87. The molecular weight excluding hydrogens is 220 g/mol. The van der Waals surface area contributed by atoms with Crippen LogP contribution in [0.15, 0.2) is 24.3 Å². The lowest BCUT2D eigenvalue weighted by molar-refractivity contribution is -0.272. The molecule has 0 spiro atoms. The van der Waals surface area contributed by atoms with Crippen molar-refractivity contribution in [3.8, 4) is 5.75 Å². The number of hydrogen-bond donors (Lipinski definition) is 0. The fraction of sp³-hybridized carbons (Fsp3) is 0.462. The number of methoxy groups -OCH3 is 1. The van der Waals surface area contributed by atoms with Gasteiger partial charge in [-0.05, 0) is 37.1 Å². The van der Waals surface area contributed by atoms with E-state index in [1.165, 1.54) is 0 Å². The zero-order valence-electron chi connectivity index (χ0n) is 9.85. The monoisotopic (exact) mass is 236 g/mol. The predicted octanol–water partition coefficient (Wildman–Crippen LogP) is 2.73. The van der Waals surface area contributed by atoms with Gasteiger partial charge in [0.2, 0.25) is 0 Å². The van der Waals surface area contributed by atoms with Crippen molar-refractivity contribution >= 4 is 5.97 Å². The third kappa shape index (κ3) is 3.20. The summed E-state index contributed by atoms with van der Waals surface area (Å²) in [5.41, 5.74) is 0.462. The average molecular weight is 236 g/mol. The Morgan fingerprint density at radius 2 is 1.82 bits per heavy atom. The van der Waals surface area contributed by atoms with E-state index in [0.29, 0.717) is 11.3 Å². The third-order valence-electron chi connectivity index (χ3n) is 2.89. The van der Waals surface area contributed by atoms with Crippen LogP contribution in [0.3, 0.4) is 0 Å². The Kier molecular flexibility index (Phi) is 3.98. The minimum absolute atomic E-state index is 0.0669. The minimum atomic E-state index is -0.459. The van der Waals surface area contributed by atoms with Crippen LogP contribution >= 0.6 is 0 Å². The summed E-state index contributed by atoms with van der Waals surface area (Å²) in [5, 5.41) is 0. The standard InChI is InChI=1S/C13H16O4/c1-15-11-8-6-10(7-9-11)13(14)17-16-12-4-2-3-5-12/h6-9,12H,2-5H2,1H3. The van der Waals surface area contributed by atoms with E-state index < -0.39 is 5.97 Å². The molecule has 4 heteroatoms. The second-order valence-electron chi connectivity index (χ2n) is 4.10.